The van der Waals surface area contributed by atoms with Crippen molar-refractivity contribution in [3.05, 3.63) is 53.6 Å². The molecule has 0 spiro atoms. The Kier molecular flexibility index (Phi) is 3.24. The van der Waals surface area contributed by atoms with Gasteiger partial charge in [-0.25, -0.2) is 9.78 Å². The van der Waals surface area contributed by atoms with E-state index in [1.54, 1.807) is 6.07 Å². The Hall–Kier alpha value is -2.62. The summed E-state index contributed by atoms with van der Waals surface area (Å²) in [6.45, 7) is 6.48. The first-order valence-electron chi connectivity index (χ1n) is 7.09. The molecule has 2 aromatic carbocycles. The van der Waals surface area contributed by atoms with Crippen LogP contribution < -0.4 is 0 Å². The first-order valence-corrected chi connectivity index (χ1v) is 7.09. The Morgan fingerprint density at radius 2 is 1.77 bits per heavy atom. The highest BCUT2D eigenvalue weighted by atomic mass is 16.4. The van der Waals surface area contributed by atoms with Gasteiger partial charge in [-0.3, -0.25) is 0 Å². The Morgan fingerprint density at radius 1 is 1.09 bits per heavy atom. The predicted octanol–water partition coefficient (Wildman–Crippen LogP) is 4.49. The fourth-order valence-electron chi connectivity index (χ4n) is 2.29. The van der Waals surface area contributed by atoms with E-state index in [9.17, 15) is 4.79 Å². The van der Waals surface area contributed by atoms with Crippen LogP contribution in [0.4, 0.5) is 0 Å². The van der Waals surface area contributed by atoms with Crippen molar-refractivity contribution in [2.24, 2.45) is 0 Å². The van der Waals surface area contributed by atoms with Crippen molar-refractivity contribution in [3.63, 3.8) is 0 Å². The number of carboxylic acid groups (broad SMARTS) is 1. The van der Waals surface area contributed by atoms with Gasteiger partial charge in [0, 0.05) is 5.56 Å². The van der Waals surface area contributed by atoms with E-state index < -0.39 is 5.97 Å². The van der Waals surface area contributed by atoms with E-state index in [0.717, 1.165) is 5.56 Å². The van der Waals surface area contributed by atoms with Crippen LogP contribution in [0.5, 0.6) is 0 Å². The Bertz CT molecular complexity index is 839. The highest BCUT2D eigenvalue weighted by Crippen LogP contribution is 2.28. The lowest BCUT2D eigenvalue weighted by Crippen LogP contribution is -2.10. The molecule has 112 valence electrons. The van der Waals surface area contributed by atoms with Crippen molar-refractivity contribution < 1.29 is 14.3 Å². The zero-order chi connectivity index (χ0) is 15.9. The molecule has 0 atom stereocenters. The Morgan fingerprint density at radius 3 is 2.36 bits per heavy atom. The van der Waals surface area contributed by atoms with Gasteiger partial charge in [-0.05, 0) is 41.3 Å². The summed E-state index contributed by atoms with van der Waals surface area (Å²) in [5, 5.41) is 9.01. The van der Waals surface area contributed by atoms with Gasteiger partial charge in [-0.1, -0.05) is 32.9 Å². The highest BCUT2D eigenvalue weighted by molar-refractivity contribution is 5.92. The van der Waals surface area contributed by atoms with Crippen molar-refractivity contribution >= 4 is 17.1 Å². The monoisotopic (exact) mass is 295 g/mol. The number of fused-ring (bicyclic) bond motifs is 1. The molecule has 0 bridgehead atoms. The van der Waals surface area contributed by atoms with Gasteiger partial charge in [0.15, 0.2) is 5.58 Å². The molecule has 3 rings (SSSR count). The summed E-state index contributed by atoms with van der Waals surface area (Å²) in [6, 6.07) is 12.8. The molecule has 0 saturated heterocycles. The third-order valence-corrected chi connectivity index (χ3v) is 3.63. The standard InChI is InChI=1S/C18H17NO3/c1-18(2,3)13-7-4-11(5-8-13)16-19-14-9-6-12(17(20)21)10-15(14)22-16/h4-10H,1-3H3,(H,20,21). The van der Waals surface area contributed by atoms with Gasteiger partial charge in [-0.2, -0.15) is 0 Å². The van der Waals surface area contributed by atoms with Crippen LogP contribution in [0, 0.1) is 0 Å². The maximum Gasteiger partial charge on any atom is 0.335 e. The van der Waals surface area contributed by atoms with Crippen LogP contribution in [0.25, 0.3) is 22.6 Å². The van der Waals surface area contributed by atoms with Crippen LogP contribution in [0.2, 0.25) is 0 Å². The summed E-state index contributed by atoms with van der Waals surface area (Å²) in [6.07, 6.45) is 0. The third kappa shape index (κ3) is 2.60. The number of rotatable bonds is 2. The summed E-state index contributed by atoms with van der Waals surface area (Å²) in [7, 11) is 0. The minimum atomic E-state index is -0.977. The number of carbonyl (C=O) groups is 1. The zero-order valence-electron chi connectivity index (χ0n) is 12.8. The molecular formula is C18H17NO3. The second kappa shape index (κ2) is 4.98. The summed E-state index contributed by atoms with van der Waals surface area (Å²) in [5.74, 6) is -0.479. The molecule has 1 aromatic heterocycles. The second-order valence-corrected chi connectivity index (χ2v) is 6.33. The first kappa shape index (κ1) is 14.3. The molecule has 0 unspecified atom stereocenters. The van der Waals surface area contributed by atoms with Crippen LogP contribution in [0.3, 0.4) is 0 Å². The van der Waals surface area contributed by atoms with Gasteiger partial charge >= 0.3 is 5.97 Å². The quantitative estimate of drug-likeness (QED) is 0.756. The third-order valence-electron chi connectivity index (χ3n) is 3.63. The van der Waals surface area contributed by atoms with Crippen molar-refractivity contribution in [2.75, 3.05) is 0 Å². The van der Waals surface area contributed by atoms with Gasteiger partial charge in [0.25, 0.3) is 0 Å². The van der Waals surface area contributed by atoms with E-state index in [1.807, 2.05) is 12.1 Å². The van der Waals surface area contributed by atoms with Crippen LogP contribution in [-0.4, -0.2) is 16.1 Å². The average molecular weight is 295 g/mol. The largest absolute Gasteiger partial charge is 0.478 e. The van der Waals surface area contributed by atoms with Crippen molar-refractivity contribution in [2.45, 2.75) is 26.2 Å². The molecule has 4 nitrogen and oxygen atoms in total. The number of nitrogens with zero attached hydrogens (tertiary/aromatic N) is 1. The molecule has 0 saturated carbocycles. The van der Waals surface area contributed by atoms with E-state index in [1.165, 1.54) is 17.7 Å². The van der Waals surface area contributed by atoms with Gasteiger partial charge in [0.1, 0.15) is 5.52 Å². The summed E-state index contributed by atoms with van der Waals surface area (Å²) in [4.78, 5) is 15.4. The van der Waals surface area contributed by atoms with E-state index in [4.69, 9.17) is 9.52 Å². The summed E-state index contributed by atoms with van der Waals surface area (Å²) < 4.78 is 5.70. The number of carboxylic acids is 1. The fourth-order valence-corrected chi connectivity index (χ4v) is 2.29. The highest BCUT2D eigenvalue weighted by Gasteiger charge is 2.15. The molecule has 3 aromatic rings. The minimum Gasteiger partial charge on any atom is -0.478 e. The zero-order valence-corrected chi connectivity index (χ0v) is 12.8. The fraction of sp³-hybridized carbons (Fsp3) is 0.222. The van der Waals surface area contributed by atoms with E-state index in [0.29, 0.717) is 17.0 Å². The van der Waals surface area contributed by atoms with Crippen LogP contribution in [0.1, 0.15) is 36.7 Å². The van der Waals surface area contributed by atoms with E-state index >= 15 is 0 Å². The molecule has 0 aliphatic rings. The first-order chi connectivity index (χ1) is 10.3. The lowest BCUT2D eigenvalue weighted by Gasteiger charge is -2.18. The molecular weight excluding hydrogens is 278 g/mol. The smallest absolute Gasteiger partial charge is 0.335 e. The lowest BCUT2D eigenvalue weighted by molar-refractivity contribution is 0.0697. The van der Waals surface area contributed by atoms with Crippen molar-refractivity contribution in [3.8, 4) is 11.5 Å². The summed E-state index contributed by atoms with van der Waals surface area (Å²) in [5.41, 5.74) is 3.53. The molecule has 1 N–H and O–H groups in total. The molecule has 0 aliphatic heterocycles. The average Bonchev–Trinajstić information content (AvgIpc) is 2.89. The molecule has 4 heteroatoms. The number of hydrogen-bond donors (Lipinski definition) is 1. The molecule has 0 radical (unpaired) electrons. The number of hydrogen-bond acceptors (Lipinski definition) is 3. The van der Waals surface area contributed by atoms with Gasteiger partial charge in [-0.15, -0.1) is 0 Å². The predicted molar refractivity (Wildman–Crippen MR) is 85.1 cm³/mol. The Balaban J connectivity index is 2.01. The van der Waals surface area contributed by atoms with E-state index in [2.05, 4.69) is 37.9 Å². The van der Waals surface area contributed by atoms with Crippen molar-refractivity contribution in [1.82, 2.24) is 4.98 Å². The van der Waals surface area contributed by atoms with Crippen LogP contribution in [-0.2, 0) is 5.41 Å². The SMILES string of the molecule is CC(C)(C)c1ccc(-c2nc3ccc(C(=O)O)cc3o2)cc1. The van der Waals surface area contributed by atoms with Crippen molar-refractivity contribution in [1.29, 1.82) is 0 Å². The maximum atomic E-state index is 11.0. The number of aromatic nitrogens is 1. The molecule has 1 heterocycles. The van der Waals surface area contributed by atoms with Gasteiger partial charge < -0.3 is 9.52 Å². The number of aromatic carboxylic acids is 1. The van der Waals surface area contributed by atoms with Gasteiger partial charge in [0.2, 0.25) is 5.89 Å². The molecule has 0 fully saturated rings. The molecule has 0 amide bonds. The normalized spacial score (nSPS) is 11.8. The van der Waals surface area contributed by atoms with Crippen LogP contribution >= 0.6 is 0 Å². The lowest BCUT2D eigenvalue weighted by atomic mass is 9.87. The molecule has 0 aliphatic carbocycles. The van der Waals surface area contributed by atoms with Crippen LogP contribution in [0.15, 0.2) is 46.9 Å². The topological polar surface area (TPSA) is 63.3 Å². The van der Waals surface area contributed by atoms with Gasteiger partial charge in [0.05, 0.1) is 5.56 Å². The number of benzene rings is 2. The maximum absolute atomic E-state index is 11.0. The molecule has 22 heavy (non-hydrogen) atoms. The second-order valence-electron chi connectivity index (χ2n) is 6.33. The number of oxazole rings is 1. The summed E-state index contributed by atoms with van der Waals surface area (Å²) >= 11 is 0. The van der Waals surface area contributed by atoms with E-state index in [-0.39, 0.29) is 11.0 Å². The minimum absolute atomic E-state index is 0.0935. The Labute approximate surface area is 128 Å².